The summed E-state index contributed by atoms with van der Waals surface area (Å²) < 4.78 is 0. The summed E-state index contributed by atoms with van der Waals surface area (Å²) in [5.41, 5.74) is 0. The molecular formula is C8H13NO2. The Morgan fingerprint density at radius 3 is 2.73 bits per heavy atom. The number of carbonyl (C=O) groups is 2. The molecule has 0 aromatic carbocycles. The molecule has 1 aliphatic rings. The molecule has 0 aliphatic heterocycles. The van der Waals surface area contributed by atoms with Gasteiger partial charge in [-0.3, -0.25) is 4.79 Å². The second kappa shape index (κ2) is 3.62. The number of aldehydes is 1. The Kier molecular flexibility index (Phi) is 2.76. The van der Waals surface area contributed by atoms with Crippen molar-refractivity contribution >= 4 is 12.1 Å². The van der Waals surface area contributed by atoms with Crippen molar-refractivity contribution in [2.45, 2.75) is 25.3 Å². The van der Waals surface area contributed by atoms with Crippen LogP contribution in [0.4, 0.5) is 0 Å². The number of carbonyl (C=O) groups excluding carboxylic acids is 2. The molecule has 1 fully saturated rings. The molecule has 0 bridgehead atoms. The van der Waals surface area contributed by atoms with Gasteiger partial charge in [-0.15, -0.1) is 0 Å². The van der Waals surface area contributed by atoms with Crippen LogP contribution >= 0.6 is 0 Å². The Balaban J connectivity index is 2.47. The molecule has 0 amide bonds. The summed E-state index contributed by atoms with van der Waals surface area (Å²) in [4.78, 5) is 21.4. The molecule has 1 rings (SSSR count). The number of nitrogens with one attached hydrogen (secondary N) is 1. The van der Waals surface area contributed by atoms with E-state index in [0.717, 1.165) is 12.7 Å². The molecule has 2 unspecified atom stereocenters. The van der Waals surface area contributed by atoms with Crippen molar-refractivity contribution in [3.8, 4) is 0 Å². The standard InChI is InChI=1S/C8H13NO2/c1-9-7-3-2-6(5-10)8(11)4-7/h5-7,9H,2-4H2,1H3. The van der Waals surface area contributed by atoms with Crippen molar-refractivity contribution in [3.05, 3.63) is 0 Å². The van der Waals surface area contributed by atoms with Crippen LogP contribution < -0.4 is 5.32 Å². The smallest absolute Gasteiger partial charge is 0.144 e. The molecule has 0 spiro atoms. The Hall–Kier alpha value is -0.700. The van der Waals surface area contributed by atoms with Crippen LogP contribution in [-0.2, 0) is 9.59 Å². The minimum absolute atomic E-state index is 0.0885. The maximum absolute atomic E-state index is 11.1. The third kappa shape index (κ3) is 1.87. The van der Waals surface area contributed by atoms with Gasteiger partial charge in [0.05, 0.1) is 5.92 Å². The molecule has 11 heavy (non-hydrogen) atoms. The summed E-state index contributed by atoms with van der Waals surface area (Å²) in [6.07, 6.45) is 2.94. The highest BCUT2D eigenvalue weighted by Gasteiger charge is 2.26. The van der Waals surface area contributed by atoms with E-state index < -0.39 is 0 Å². The van der Waals surface area contributed by atoms with E-state index in [1.165, 1.54) is 0 Å². The largest absolute Gasteiger partial charge is 0.317 e. The molecule has 2 atom stereocenters. The summed E-state index contributed by atoms with van der Waals surface area (Å²) in [5.74, 6) is -0.231. The maximum atomic E-state index is 11.1. The van der Waals surface area contributed by atoms with Crippen molar-refractivity contribution in [3.63, 3.8) is 0 Å². The number of ketones is 1. The summed E-state index contributed by atoms with van der Waals surface area (Å²) in [7, 11) is 1.85. The molecule has 3 nitrogen and oxygen atoms in total. The van der Waals surface area contributed by atoms with Crippen LogP contribution in [0.2, 0.25) is 0 Å². The first kappa shape index (κ1) is 8.40. The minimum Gasteiger partial charge on any atom is -0.317 e. The highest BCUT2D eigenvalue weighted by molar-refractivity contribution is 5.94. The minimum atomic E-state index is -0.320. The molecule has 0 saturated heterocycles. The van der Waals surface area contributed by atoms with Gasteiger partial charge in [0.25, 0.3) is 0 Å². The van der Waals surface area contributed by atoms with Crippen LogP contribution in [0, 0.1) is 5.92 Å². The van der Waals surface area contributed by atoms with Crippen molar-refractivity contribution in [2.75, 3.05) is 7.05 Å². The quantitative estimate of drug-likeness (QED) is 0.456. The number of Topliss-reactive ketones (excluding diaryl/α,β-unsaturated/α-hetero) is 1. The fourth-order valence-corrected chi connectivity index (χ4v) is 1.43. The SMILES string of the molecule is CNC1CCC(C=O)C(=O)C1. The first-order valence-corrected chi connectivity index (χ1v) is 3.93. The fraction of sp³-hybridized carbons (Fsp3) is 0.750. The van der Waals surface area contributed by atoms with E-state index in [2.05, 4.69) is 5.32 Å². The molecule has 0 aromatic rings. The lowest BCUT2D eigenvalue weighted by Gasteiger charge is -2.23. The average molecular weight is 155 g/mol. The predicted octanol–water partition coefficient (Wildman–Crippen LogP) is 0.142. The molecule has 0 radical (unpaired) electrons. The van der Waals surface area contributed by atoms with Gasteiger partial charge in [0.15, 0.2) is 0 Å². The van der Waals surface area contributed by atoms with E-state index in [1.807, 2.05) is 7.05 Å². The molecule has 3 heteroatoms. The lowest BCUT2D eigenvalue weighted by atomic mass is 9.86. The molecular weight excluding hydrogens is 142 g/mol. The van der Waals surface area contributed by atoms with E-state index in [1.54, 1.807) is 0 Å². The van der Waals surface area contributed by atoms with Gasteiger partial charge in [-0.2, -0.15) is 0 Å². The van der Waals surface area contributed by atoms with Gasteiger partial charge in [-0.05, 0) is 19.9 Å². The Morgan fingerprint density at radius 1 is 1.55 bits per heavy atom. The second-order valence-corrected chi connectivity index (χ2v) is 2.98. The zero-order chi connectivity index (χ0) is 8.27. The molecule has 0 heterocycles. The Labute approximate surface area is 66.2 Å². The van der Waals surface area contributed by atoms with Crippen molar-refractivity contribution in [2.24, 2.45) is 5.92 Å². The van der Waals surface area contributed by atoms with E-state index in [-0.39, 0.29) is 11.7 Å². The van der Waals surface area contributed by atoms with Crippen LogP contribution in [0.5, 0.6) is 0 Å². The fourth-order valence-electron chi connectivity index (χ4n) is 1.43. The normalized spacial score (nSPS) is 31.9. The zero-order valence-electron chi connectivity index (χ0n) is 6.67. The lowest BCUT2D eigenvalue weighted by Crippen LogP contribution is -2.36. The van der Waals surface area contributed by atoms with Gasteiger partial charge in [0.2, 0.25) is 0 Å². The van der Waals surface area contributed by atoms with Gasteiger partial charge in [-0.25, -0.2) is 0 Å². The molecule has 0 aromatic heterocycles. The van der Waals surface area contributed by atoms with Crippen LogP contribution in [-0.4, -0.2) is 25.2 Å². The molecule has 62 valence electrons. The van der Waals surface area contributed by atoms with Crippen LogP contribution in [0.1, 0.15) is 19.3 Å². The van der Waals surface area contributed by atoms with Crippen LogP contribution in [0.25, 0.3) is 0 Å². The highest BCUT2D eigenvalue weighted by Crippen LogP contribution is 2.18. The summed E-state index contributed by atoms with van der Waals surface area (Å²) in [6, 6.07) is 0.290. The first-order chi connectivity index (χ1) is 5.27. The molecule has 1 saturated carbocycles. The van der Waals surface area contributed by atoms with E-state index in [0.29, 0.717) is 18.9 Å². The van der Waals surface area contributed by atoms with Crippen molar-refractivity contribution in [1.82, 2.24) is 5.32 Å². The molecule has 1 aliphatic carbocycles. The third-order valence-electron chi connectivity index (χ3n) is 2.26. The highest BCUT2D eigenvalue weighted by atomic mass is 16.1. The lowest BCUT2D eigenvalue weighted by molar-refractivity contribution is -0.129. The monoisotopic (exact) mass is 155 g/mol. The maximum Gasteiger partial charge on any atom is 0.144 e. The first-order valence-electron chi connectivity index (χ1n) is 3.93. The van der Waals surface area contributed by atoms with E-state index in [4.69, 9.17) is 0 Å². The van der Waals surface area contributed by atoms with Crippen molar-refractivity contribution < 1.29 is 9.59 Å². The topological polar surface area (TPSA) is 46.2 Å². The summed E-state index contributed by atoms with van der Waals surface area (Å²) >= 11 is 0. The van der Waals surface area contributed by atoms with Crippen LogP contribution in [0.15, 0.2) is 0 Å². The summed E-state index contributed by atoms with van der Waals surface area (Å²) in [6.45, 7) is 0. The van der Waals surface area contributed by atoms with Gasteiger partial charge >= 0.3 is 0 Å². The zero-order valence-corrected chi connectivity index (χ0v) is 6.67. The van der Waals surface area contributed by atoms with Gasteiger partial charge in [-0.1, -0.05) is 0 Å². The van der Waals surface area contributed by atoms with Gasteiger partial charge < -0.3 is 10.1 Å². The number of rotatable bonds is 2. The second-order valence-electron chi connectivity index (χ2n) is 2.98. The Morgan fingerprint density at radius 2 is 2.27 bits per heavy atom. The average Bonchev–Trinajstić information content (AvgIpc) is 2.04. The summed E-state index contributed by atoms with van der Waals surface area (Å²) in [5, 5.41) is 3.04. The number of hydrogen-bond acceptors (Lipinski definition) is 3. The Bertz CT molecular complexity index is 167. The predicted molar refractivity (Wildman–Crippen MR) is 41.3 cm³/mol. The van der Waals surface area contributed by atoms with E-state index >= 15 is 0 Å². The van der Waals surface area contributed by atoms with Crippen LogP contribution in [0.3, 0.4) is 0 Å². The van der Waals surface area contributed by atoms with E-state index in [9.17, 15) is 9.59 Å². The van der Waals surface area contributed by atoms with Gasteiger partial charge in [0.1, 0.15) is 12.1 Å². The third-order valence-corrected chi connectivity index (χ3v) is 2.26. The van der Waals surface area contributed by atoms with Gasteiger partial charge in [0, 0.05) is 12.5 Å². The molecule has 1 N–H and O–H groups in total. The number of hydrogen-bond donors (Lipinski definition) is 1. The van der Waals surface area contributed by atoms with Crippen molar-refractivity contribution in [1.29, 1.82) is 0 Å².